The Hall–Kier alpha value is -1.16. The average Bonchev–Trinajstić information content (AvgIpc) is 2.17. The first kappa shape index (κ1) is 12.9. The van der Waals surface area contributed by atoms with Gasteiger partial charge in [-0.15, -0.1) is 0 Å². The van der Waals surface area contributed by atoms with Gasteiger partial charge in [0.2, 0.25) is 0 Å². The Morgan fingerprint density at radius 2 is 1.88 bits per heavy atom. The standard InChI is InChI=1S/C12H20FN3/c1-10(13)8-11(2)15-12(3)9-16-6-4-14-5-7-16/h8-9,14H,4-7H2,1-3H3/b10-8+,12-9-,15-11-. The normalized spacial score (nSPS) is 20.2. The highest BCUT2D eigenvalue weighted by atomic mass is 19.1. The van der Waals surface area contributed by atoms with Crippen LogP contribution in [0.2, 0.25) is 0 Å². The summed E-state index contributed by atoms with van der Waals surface area (Å²) >= 11 is 0. The molecule has 0 spiro atoms. The second-order valence-electron chi connectivity index (χ2n) is 4.04. The first-order valence-electron chi connectivity index (χ1n) is 5.60. The molecule has 1 aliphatic rings. The van der Waals surface area contributed by atoms with Gasteiger partial charge in [0.15, 0.2) is 0 Å². The van der Waals surface area contributed by atoms with E-state index in [0.717, 1.165) is 31.9 Å². The van der Waals surface area contributed by atoms with Gasteiger partial charge in [-0.3, -0.25) is 4.99 Å². The fourth-order valence-electron chi connectivity index (χ4n) is 1.70. The molecule has 0 radical (unpaired) electrons. The lowest BCUT2D eigenvalue weighted by Crippen LogP contribution is -2.40. The molecule has 0 bridgehead atoms. The molecular weight excluding hydrogens is 205 g/mol. The Bertz CT molecular complexity index is 308. The molecule has 0 aliphatic carbocycles. The van der Waals surface area contributed by atoms with Crippen molar-refractivity contribution in [1.82, 2.24) is 10.2 Å². The van der Waals surface area contributed by atoms with Crippen molar-refractivity contribution in [3.05, 3.63) is 23.8 Å². The number of rotatable bonds is 3. The molecule has 0 aromatic rings. The molecule has 0 aromatic heterocycles. The van der Waals surface area contributed by atoms with Crippen LogP contribution in [0.5, 0.6) is 0 Å². The van der Waals surface area contributed by atoms with E-state index in [1.54, 1.807) is 6.92 Å². The minimum Gasteiger partial charge on any atom is -0.373 e. The van der Waals surface area contributed by atoms with Crippen molar-refractivity contribution >= 4 is 5.71 Å². The summed E-state index contributed by atoms with van der Waals surface area (Å²) in [6.07, 6.45) is 3.47. The van der Waals surface area contributed by atoms with E-state index in [-0.39, 0.29) is 5.83 Å². The van der Waals surface area contributed by atoms with Crippen molar-refractivity contribution in [1.29, 1.82) is 0 Å². The number of allylic oxidation sites excluding steroid dienone is 3. The van der Waals surface area contributed by atoms with Crippen molar-refractivity contribution in [2.45, 2.75) is 20.8 Å². The molecule has 1 rings (SSSR count). The zero-order chi connectivity index (χ0) is 12.0. The Balaban J connectivity index is 2.58. The van der Waals surface area contributed by atoms with Crippen molar-refractivity contribution in [2.24, 2.45) is 4.99 Å². The summed E-state index contributed by atoms with van der Waals surface area (Å²) in [6, 6.07) is 0. The largest absolute Gasteiger partial charge is 0.373 e. The van der Waals surface area contributed by atoms with Crippen LogP contribution in [0.25, 0.3) is 0 Å². The van der Waals surface area contributed by atoms with Gasteiger partial charge in [0, 0.05) is 38.1 Å². The van der Waals surface area contributed by atoms with E-state index < -0.39 is 0 Å². The number of piperazine rings is 1. The van der Waals surface area contributed by atoms with Crippen LogP contribution in [-0.2, 0) is 0 Å². The molecule has 1 saturated heterocycles. The van der Waals surface area contributed by atoms with Crippen molar-refractivity contribution in [2.75, 3.05) is 26.2 Å². The molecule has 0 amide bonds. The van der Waals surface area contributed by atoms with Gasteiger partial charge in [-0.25, -0.2) is 4.39 Å². The van der Waals surface area contributed by atoms with E-state index in [4.69, 9.17) is 0 Å². The van der Waals surface area contributed by atoms with Crippen LogP contribution in [0.3, 0.4) is 0 Å². The predicted molar refractivity (Wildman–Crippen MR) is 66.2 cm³/mol. The predicted octanol–water partition coefficient (Wildman–Crippen LogP) is 2.09. The topological polar surface area (TPSA) is 27.6 Å². The molecule has 90 valence electrons. The smallest absolute Gasteiger partial charge is 0.0986 e. The van der Waals surface area contributed by atoms with Crippen molar-refractivity contribution < 1.29 is 4.39 Å². The quantitative estimate of drug-likeness (QED) is 0.745. The van der Waals surface area contributed by atoms with Gasteiger partial charge in [0.1, 0.15) is 0 Å². The molecule has 4 heteroatoms. The number of halogens is 1. The first-order valence-corrected chi connectivity index (χ1v) is 5.60. The second-order valence-corrected chi connectivity index (χ2v) is 4.04. The molecule has 0 aromatic carbocycles. The van der Waals surface area contributed by atoms with E-state index in [0.29, 0.717) is 5.71 Å². The third-order valence-electron chi connectivity index (χ3n) is 2.28. The average molecular weight is 225 g/mol. The second kappa shape index (κ2) is 6.43. The lowest BCUT2D eigenvalue weighted by molar-refractivity contribution is 0.322. The maximum Gasteiger partial charge on any atom is 0.0986 e. The first-order chi connectivity index (χ1) is 7.58. The Labute approximate surface area is 96.7 Å². The van der Waals surface area contributed by atoms with Crippen LogP contribution in [-0.4, -0.2) is 36.8 Å². The Kier molecular flexibility index (Phi) is 5.19. The van der Waals surface area contributed by atoms with Gasteiger partial charge in [-0.2, -0.15) is 0 Å². The lowest BCUT2D eigenvalue weighted by Gasteiger charge is -2.26. The van der Waals surface area contributed by atoms with Crippen LogP contribution in [0, 0.1) is 0 Å². The zero-order valence-corrected chi connectivity index (χ0v) is 10.3. The minimum atomic E-state index is -0.212. The van der Waals surface area contributed by atoms with Crippen LogP contribution >= 0.6 is 0 Å². The number of nitrogens with one attached hydrogen (secondary N) is 1. The summed E-state index contributed by atoms with van der Waals surface area (Å²) < 4.78 is 12.6. The number of nitrogens with zero attached hydrogens (tertiary/aromatic N) is 2. The highest BCUT2D eigenvalue weighted by molar-refractivity contribution is 5.93. The summed E-state index contributed by atoms with van der Waals surface area (Å²) in [5.41, 5.74) is 1.61. The van der Waals surface area contributed by atoms with E-state index in [2.05, 4.69) is 15.2 Å². The van der Waals surface area contributed by atoms with Crippen LogP contribution in [0.1, 0.15) is 20.8 Å². The van der Waals surface area contributed by atoms with Gasteiger partial charge in [-0.05, 0) is 26.8 Å². The van der Waals surface area contributed by atoms with Crippen molar-refractivity contribution in [3.8, 4) is 0 Å². The van der Waals surface area contributed by atoms with E-state index in [1.807, 2.05) is 13.1 Å². The van der Waals surface area contributed by atoms with Crippen LogP contribution < -0.4 is 5.32 Å². The third-order valence-corrected chi connectivity index (χ3v) is 2.28. The SMILES string of the molecule is CC(=C/N1CCNCC1)/N=C(C)\C=C(/C)F. The molecule has 0 atom stereocenters. The molecule has 0 saturated carbocycles. The zero-order valence-electron chi connectivity index (χ0n) is 10.3. The number of hydrogen-bond donors (Lipinski definition) is 1. The monoisotopic (exact) mass is 225 g/mol. The molecule has 0 unspecified atom stereocenters. The van der Waals surface area contributed by atoms with E-state index in [9.17, 15) is 4.39 Å². The maximum absolute atomic E-state index is 12.6. The fraction of sp³-hybridized carbons (Fsp3) is 0.583. The molecular formula is C12H20FN3. The summed E-state index contributed by atoms with van der Waals surface area (Å²) in [4.78, 5) is 6.54. The number of hydrogen-bond acceptors (Lipinski definition) is 3. The third kappa shape index (κ3) is 5.07. The van der Waals surface area contributed by atoms with Crippen LogP contribution in [0.4, 0.5) is 4.39 Å². The maximum atomic E-state index is 12.6. The molecule has 1 heterocycles. The summed E-state index contributed by atoms with van der Waals surface area (Å²) in [5, 5.41) is 3.29. The fourth-order valence-corrected chi connectivity index (χ4v) is 1.70. The highest BCUT2D eigenvalue weighted by Crippen LogP contribution is 2.03. The van der Waals surface area contributed by atoms with E-state index in [1.165, 1.54) is 13.0 Å². The summed E-state index contributed by atoms with van der Waals surface area (Å²) in [6.45, 7) is 9.19. The number of aliphatic imine (C=N–C) groups is 1. The van der Waals surface area contributed by atoms with Gasteiger partial charge in [-0.1, -0.05) is 0 Å². The van der Waals surface area contributed by atoms with E-state index >= 15 is 0 Å². The summed E-state index contributed by atoms with van der Waals surface area (Å²) in [7, 11) is 0. The van der Waals surface area contributed by atoms with Gasteiger partial charge >= 0.3 is 0 Å². The van der Waals surface area contributed by atoms with Gasteiger partial charge in [0.25, 0.3) is 0 Å². The Morgan fingerprint density at radius 1 is 1.25 bits per heavy atom. The highest BCUT2D eigenvalue weighted by Gasteiger charge is 2.05. The lowest BCUT2D eigenvalue weighted by atomic mass is 10.3. The van der Waals surface area contributed by atoms with Crippen LogP contribution in [0.15, 0.2) is 28.8 Å². The minimum absolute atomic E-state index is 0.212. The van der Waals surface area contributed by atoms with Gasteiger partial charge in [0.05, 0.1) is 11.5 Å². The molecule has 3 nitrogen and oxygen atoms in total. The van der Waals surface area contributed by atoms with Crippen molar-refractivity contribution in [3.63, 3.8) is 0 Å². The summed E-state index contributed by atoms with van der Waals surface area (Å²) in [5.74, 6) is -0.212. The molecule has 1 aliphatic heterocycles. The molecule has 1 fully saturated rings. The molecule has 1 N–H and O–H groups in total. The Morgan fingerprint density at radius 3 is 2.44 bits per heavy atom. The van der Waals surface area contributed by atoms with Gasteiger partial charge < -0.3 is 10.2 Å². The molecule has 16 heavy (non-hydrogen) atoms.